The van der Waals surface area contributed by atoms with Gasteiger partial charge in [-0.3, -0.25) is 4.79 Å². The minimum absolute atomic E-state index is 0.0648. The molecule has 0 heterocycles. The van der Waals surface area contributed by atoms with Crippen LogP contribution in [0.25, 0.3) is 6.08 Å². The first-order valence-corrected chi connectivity index (χ1v) is 11.4. The molecule has 0 atom stereocenters. The second-order valence-corrected chi connectivity index (χ2v) is 11.1. The van der Waals surface area contributed by atoms with Crippen LogP contribution in [0.1, 0.15) is 72.9 Å². The van der Waals surface area contributed by atoms with Crippen LogP contribution in [-0.4, -0.2) is 21.8 Å². The van der Waals surface area contributed by atoms with Gasteiger partial charge in [0.05, 0.1) is 0 Å². The highest BCUT2D eigenvalue weighted by Crippen LogP contribution is 2.40. The average molecular weight is 453 g/mol. The molecule has 3 nitrogen and oxygen atoms in total. The molecular weight excluding hydrogens is 416 g/mol. The van der Waals surface area contributed by atoms with Crippen molar-refractivity contribution in [2.24, 2.45) is 0 Å². The van der Waals surface area contributed by atoms with Gasteiger partial charge in [0.15, 0.2) is 5.78 Å². The number of benzene rings is 1. The fraction of sp³-hybridized carbons (Fsp3) is 0.429. The van der Waals surface area contributed by atoms with Gasteiger partial charge in [-0.15, -0.1) is 6.58 Å². The summed E-state index contributed by atoms with van der Waals surface area (Å²) in [4.78, 5) is 13.6. The molecule has 1 aliphatic rings. The van der Waals surface area contributed by atoms with E-state index in [0.717, 1.165) is 21.7 Å². The third-order valence-corrected chi connectivity index (χ3v) is 5.12. The Kier molecular flexibility index (Phi) is 7.72. The smallest absolute Gasteiger partial charge is 0.185 e. The lowest BCUT2D eigenvalue weighted by Crippen LogP contribution is -2.27. The average Bonchev–Trinajstić information content (AvgIpc) is 2.65. The zero-order valence-corrected chi connectivity index (χ0v) is 21.5. The Morgan fingerprint density at radius 3 is 2.06 bits per heavy atom. The van der Waals surface area contributed by atoms with Crippen LogP contribution < -0.4 is 9.47 Å². The number of carbonyl (C=O) groups is 1. The maximum absolute atomic E-state index is 12.7. The molecule has 2 rings (SSSR count). The Morgan fingerprint density at radius 1 is 0.969 bits per heavy atom. The first kappa shape index (κ1) is 25.8. The molecule has 0 radical (unpaired) electrons. The van der Waals surface area contributed by atoms with E-state index < -0.39 is 5.60 Å². The maximum Gasteiger partial charge on any atom is 0.185 e. The topological polar surface area (TPSA) is 35.5 Å². The summed E-state index contributed by atoms with van der Waals surface area (Å²) in [5.41, 5.74) is 1.32. The highest BCUT2D eigenvalue weighted by Gasteiger charge is 2.27. The van der Waals surface area contributed by atoms with Crippen LogP contribution in [0.2, 0.25) is 0 Å². The van der Waals surface area contributed by atoms with E-state index in [9.17, 15) is 4.79 Å². The van der Waals surface area contributed by atoms with E-state index in [-0.39, 0.29) is 16.8 Å². The van der Waals surface area contributed by atoms with Crippen LogP contribution in [0, 0.1) is 0 Å². The van der Waals surface area contributed by atoms with E-state index in [0.29, 0.717) is 17.7 Å². The Hall–Kier alpha value is -2.46. The summed E-state index contributed by atoms with van der Waals surface area (Å²) in [6.07, 6.45) is 11.4. The van der Waals surface area contributed by atoms with Gasteiger partial charge in [-0.05, 0) is 65.8 Å². The Labute approximate surface area is 198 Å². The van der Waals surface area contributed by atoms with Gasteiger partial charge < -0.3 is 9.47 Å². The van der Waals surface area contributed by atoms with Crippen molar-refractivity contribution >= 4 is 28.9 Å². The number of allylic oxidation sites excluding steroid dienone is 6. The van der Waals surface area contributed by atoms with Crippen molar-refractivity contribution in [2.75, 3.05) is 0 Å². The molecule has 0 aliphatic heterocycles. The standard InChI is InChI=1S/C28H36O3S/c1-10-28(8,9)22-17-20(13-16-23(29)19-11-14-21(32)15-12-19)24(30-26(2,3)4)18-25(22)31-27(5,6)7/h10-14,16-18H,1,15H2,2-9H3. The number of hydrogen-bond acceptors (Lipinski definition) is 4. The molecule has 0 spiro atoms. The van der Waals surface area contributed by atoms with E-state index in [2.05, 4.69) is 20.4 Å². The molecule has 32 heavy (non-hydrogen) atoms. The SMILES string of the molecule is C=CC(C)(C)c1cc(C=CC(=O)C2=CCC(=S)C=C2)c(OC(C)(C)C)cc1OC(C)(C)C. The Bertz CT molecular complexity index is 993. The van der Waals surface area contributed by atoms with Gasteiger partial charge in [0.2, 0.25) is 0 Å². The zero-order chi connectivity index (χ0) is 24.3. The molecule has 0 unspecified atom stereocenters. The summed E-state index contributed by atoms with van der Waals surface area (Å²) in [6, 6.07) is 3.97. The van der Waals surface area contributed by atoms with Crippen LogP contribution in [0.4, 0.5) is 0 Å². The second-order valence-electron chi connectivity index (χ2n) is 10.6. The monoisotopic (exact) mass is 452 g/mol. The van der Waals surface area contributed by atoms with E-state index in [4.69, 9.17) is 21.7 Å². The van der Waals surface area contributed by atoms with Gasteiger partial charge in [-0.1, -0.05) is 44.3 Å². The fourth-order valence-corrected chi connectivity index (χ4v) is 3.28. The summed E-state index contributed by atoms with van der Waals surface area (Å²) in [5, 5.41) is 0. The number of ether oxygens (including phenoxy) is 2. The quantitative estimate of drug-likeness (QED) is 0.246. The number of ketones is 1. The van der Waals surface area contributed by atoms with Crippen molar-refractivity contribution in [3.05, 3.63) is 65.8 Å². The van der Waals surface area contributed by atoms with Gasteiger partial charge in [-0.25, -0.2) is 0 Å². The Morgan fingerprint density at radius 2 is 1.56 bits per heavy atom. The van der Waals surface area contributed by atoms with Gasteiger partial charge in [0, 0.05) is 39.5 Å². The van der Waals surface area contributed by atoms with Crippen molar-refractivity contribution in [3.63, 3.8) is 0 Å². The molecule has 1 aliphatic carbocycles. The molecule has 0 aromatic heterocycles. The summed E-state index contributed by atoms with van der Waals surface area (Å²) < 4.78 is 12.6. The lowest BCUT2D eigenvalue weighted by atomic mass is 9.83. The van der Waals surface area contributed by atoms with E-state index in [1.165, 1.54) is 0 Å². The van der Waals surface area contributed by atoms with Crippen LogP contribution in [0.5, 0.6) is 11.5 Å². The minimum Gasteiger partial charge on any atom is -0.488 e. The predicted octanol–water partition coefficient (Wildman–Crippen LogP) is 7.34. The molecule has 1 aromatic rings. The summed E-state index contributed by atoms with van der Waals surface area (Å²) in [7, 11) is 0. The fourth-order valence-electron chi connectivity index (χ4n) is 3.13. The summed E-state index contributed by atoms with van der Waals surface area (Å²) in [5.74, 6) is 1.35. The lowest BCUT2D eigenvalue weighted by molar-refractivity contribution is -0.111. The van der Waals surface area contributed by atoms with Crippen molar-refractivity contribution in [1.82, 2.24) is 0 Å². The normalized spacial score (nSPS) is 15.0. The van der Waals surface area contributed by atoms with Crippen LogP contribution in [0.15, 0.2) is 54.7 Å². The molecule has 0 saturated carbocycles. The third-order valence-electron chi connectivity index (χ3n) is 4.82. The molecule has 0 bridgehead atoms. The van der Waals surface area contributed by atoms with Crippen molar-refractivity contribution < 1.29 is 14.3 Å². The summed E-state index contributed by atoms with van der Waals surface area (Å²) >= 11 is 5.17. The molecular formula is C28H36O3S. The summed E-state index contributed by atoms with van der Waals surface area (Å²) in [6.45, 7) is 20.3. The molecule has 1 aromatic carbocycles. The molecule has 4 heteroatoms. The van der Waals surface area contributed by atoms with Crippen molar-refractivity contribution in [1.29, 1.82) is 0 Å². The van der Waals surface area contributed by atoms with Gasteiger partial charge in [0.25, 0.3) is 0 Å². The van der Waals surface area contributed by atoms with Crippen molar-refractivity contribution in [2.45, 2.75) is 78.4 Å². The van der Waals surface area contributed by atoms with Gasteiger partial charge in [0.1, 0.15) is 22.7 Å². The highest BCUT2D eigenvalue weighted by molar-refractivity contribution is 7.80. The highest BCUT2D eigenvalue weighted by atomic mass is 32.1. The van der Waals surface area contributed by atoms with E-state index >= 15 is 0 Å². The molecule has 0 amide bonds. The molecule has 0 fully saturated rings. The minimum atomic E-state index is -0.411. The number of rotatable bonds is 7. The van der Waals surface area contributed by atoms with E-state index in [1.54, 1.807) is 12.2 Å². The van der Waals surface area contributed by atoms with Gasteiger partial charge in [-0.2, -0.15) is 0 Å². The number of carbonyl (C=O) groups excluding carboxylic acids is 1. The van der Waals surface area contributed by atoms with Crippen LogP contribution in [-0.2, 0) is 10.2 Å². The molecule has 0 saturated heterocycles. The zero-order valence-electron chi connectivity index (χ0n) is 20.7. The van der Waals surface area contributed by atoms with Crippen LogP contribution >= 0.6 is 12.2 Å². The van der Waals surface area contributed by atoms with Gasteiger partial charge >= 0.3 is 0 Å². The largest absolute Gasteiger partial charge is 0.488 e. The Balaban J connectivity index is 2.59. The maximum atomic E-state index is 12.7. The predicted molar refractivity (Wildman–Crippen MR) is 139 cm³/mol. The van der Waals surface area contributed by atoms with E-state index in [1.807, 2.05) is 78.0 Å². The third kappa shape index (κ3) is 7.30. The van der Waals surface area contributed by atoms with Crippen molar-refractivity contribution in [3.8, 4) is 11.5 Å². The first-order chi connectivity index (χ1) is 14.6. The number of thiocarbonyl (C=S) groups is 1. The molecule has 172 valence electrons. The molecule has 0 N–H and O–H groups in total. The van der Waals surface area contributed by atoms with Crippen LogP contribution in [0.3, 0.4) is 0 Å². The first-order valence-electron chi connectivity index (χ1n) is 10.9. The lowest BCUT2D eigenvalue weighted by Gasteiger charge is -2.31. The second kappa shape index (κ2) is 9.58. The number of hydrogen-bond donors (Lipinski definition) is 0.